The van der Waals surface area contributed by atoms with Gasteiger partial charge in [-0.05, 0) is 56.8 Å². The number of carbonyl (C=O) groups excluding carboxylic acids is 1. The number of hydrogen-bond donors (Lipinski definition) is 1. The Labute approximate surface area is 123 Å². The summed E-state index contributed by atoms with van der Waals surface area (Å²) in [6.07, 6.45) is 9.20. The predicted molar refractivity (Wildman–Crippen MR) is 81.2 cm³/mol. The second-order valence-electron chi connectivity index (χ2n) is 7.59. The lowest BCUT2D eigenvalue weighted by Gasteiger charge is -2.31. The minimum Gasteiger partial charge on any atom is -0.325 e. The van der Waals surface area contributed by atoms with Gasteiger partial charge in [0.2, 0.25) is 5.91 Å². The molecule has 0 radical (unpaired) electrons. The highest BCUT2D eigenvalue weighted by Crippen LogP contribution is 2.40. The topological polar surface area (TPSA) is 32.3 Å². The molecule has 3 aliphatic rings. The molecule has 1 heterocycles. The average Bonchev–Trinajstić information content (AvgIpc) is 3.10. The number of amides is 1. The van der Waals surface area contributed by atoms with Gasteiger partial charge in [0.1, 0.15) is 0 Å². The molecule has 3 atom stereocenters. The van der Waals surface area contributed by atoms with Crippen molar-refractivity contribution in [3.8, 4) is 0 Å². The third-order valence-corrected chi connectivity index (χ3v) is 6.00. The van der Waals surface area contributed by atoms with Gasteiger partial charge < -0.3 is 4.90 Å². The second kappa shape index (κ2) is 5.32. The quantitative estimate of drug-likeness (QED) is 0.838. The van der Waals surface area contributed by atoms with Crippen LogP contribution >= 0.6 is 0 Å². The normalized spacial score (nSPS) is 36.9. The predicted octanol–water partition coefficient (Wildman–Crippen LogP) is 3.15. The van der Waals surface area contributed by atoms with Crippen molar-refractivity contribution < 1.29 is 4.79 Å². The van der Waals surface area contributed by atoms with Crippen LogP contribution in [0.25, 0.3) is 0 Å². The molecule has 1 saturated heterocycles. The third-order valence-electron chi connectivity index (χ3n) is 6.00. The van der Waals surface area contributed by atoms with Crippen LogP contribution in [0.5, 0.6) is 0 Å². The molecule has 0 spiro atoms. The van der Waals surface area contributed by atoms with Crippen LogP contribution < -0.4 is 5.32 Å². The Balaban J connectivity index is 1.75. The van der Waals surface area contributed by atoms with E-state index in [1.165, 1.54) is 38.5 Å². The molecule has 3 unspecified atom stereocenters. The van der Waals surface area contributed by atoms with Crippen molar-refractivity contribution in [1.82, 2.24) is 10.2 Å². The summed E-state index contributed by atoms with van der Waals surface area (Å²) in [6, 6.07) is 0. The van der Waals surface area contributed by atoms with Gasteiger partial charge >= 0.3 is 0 Å². The number of rotatable bonds is 5. The first-order valence-electron chi connectivity index (χ1n) is 8.64. The maximum Gasteiger partial charge on any atom is 0.243 e. The smallest absolute Gasteiger partial charge is 0.243 e. The van der Waals surface area contributed by atoms with Crippen molar-refractivity contribution >= 4 is 5.91 Å². The average molecular weight is 278 g/mol. The van der Waals surface area contributed by atoms with E-state index in [1.807, 2.05) is 0 Å². The highest BCUT2D eigenvalue weighted by molar-refractivity contribution is 5.88. The van der Waals surface area contributed by atoms with Gasteiger partial charge in [0.25, 0.3) is 0 Å². The van der Waals surface area contributed by atoms with Crippen molar-refractivity contribution in [2.45, 2.75) is 77.4 Å². The van der Waals surface area contributed by atoms with Gasteiger partial charge in [-0.25, -0.2) is 0 Å². The minimum absolute atomic E-state index is 0.302. The van der Waals surface area contributed by atoms with E-state index in [2.05, 4.69) is 31.0 Å². The Hall–Kier alpha value is -0.570. The lowest BCUT2D eigenvalue weighted by atomic mass is 9.98. The van der Waals surface area contributed by atoms with Crippen molar-refractivity contribution in [1.29, 1.82) is 0 Å². The van der Waals surface area contributed by atoms with Gasteiger partial charge in [0, 0.05) is 6.54 Å². The largest absolute Gasteiger partial charge is 0.325 e. The van der Waals surface area contributed by atoms with Crippen molar-refractivity contribution in [3.05, 3.63) is 0 Å². The molecular weight excluding hydrogens is 248 g/mol. The van der Waals surface area contributed by atoms with E-state index in [4.69, 9.17) is 0 Å². The summed E-state index contributed by atoms with van der Waals surface area (Å²) in [7, 11) is 0. The van der Waals surface area contributed by atoms with Crippen molar-refractivity contribution in [3.63, 3.8) is 0 Å². The van der Waals surface area contributed by atoms with E-state index >= 15 is 0 Å². The van der Waals surface area contributed by atoms with E-state index in [9.17, 15) is 4.79 Å². The number of nitrogens with one attached hydrogen (secondary N) is 1. The molecule has 0 aromatic rings. The Morgan fingerprint density at radius 2 is 1.95 bits per heavy atom. The molecule has 0 bridgehead atoms. The third kappa shape index (κ3) is 2.49. The van der Waals surface area contributed by atoms with Crippen LogP contribution in [0, 0.1) is 17.8 Å². The van der Waals surface area contributed by atoms with Crippen LogP contribution in [0.1, 0.15) is 65.7 Å². The van der Waals surface area contributed by atoms with Crippen LogP contribution in [-0.2, 0) is 4.79 Å². The summed E-state index contributed by atoms with van der Waals surface area (Å²) in [5.41, 5.74) is -0.323. The van der Waals surface area contributed by atoms with E-state index in [-0.39, 0.29) is 5.54 Å². The molecular formula is C17H30N2O. The summed E-state index contributed by atoms with van der Waals surface area (Å²) in [6.45, 7) is 7.52. The lowest BCUT2D eigenvalue weighted by Crippen LogP contribution is -2.46. The monoisotopic (exact) mass is 278 g/mol. The van der Waals surface area contributed by atoms with Gasteiger partial charge in [-0.15, -0.1) is 0 Å². The molecule has 3 fully saturated rings. The molecule has 0 aromatic carbocycles. The number of carbonyl (C=O) groups is 1. The van der Waals surface area contributed by atoms with E-state index in [0.29, 0.717) is 23.9 Å². The van der Waals surface area contributed by atoms with Gasteiger partial charge in [-0.2, -0.15) is 0 Å². The number of nitrogens with zero attached hydrogens (tertiary/aromatic N) is 1. The molecule has 3 rings (SSSR count). The summed E-state index contributed by atoms with van der Waals surface area (Å²) < 4.78 is 0. The lowest BCUT2D eigenvalue weighted by molar-refractivity contribution is -0.134. The molecule has 1 amide bonds. The Morgan fingerprint density at radius 3 is 2.50 bits per heavy atom. The Morgan fingerprint density at radius 1 is 1.30 bits per heavy atom. The van der Waals surface area contributed by atoms with Crippen molar-refractivity contribution in [2.24, 2.45) is 17.8 Å². The van der Waals surface area contributed by atoms with E-state index in [1.54, 1.807) is 0 Å². The first-order chi connectivity index (χ1) is 9.55. The van der Waals surface area contributed by atoms with E-state index < -0.39 is 0 Å². The fourth-order valence-corrected chi connectivity index (χ4v) is 4.13. The van der Waals surface area contributed by atoms with Crippen LogP contribution in [0.4, 0.5) is 0 Å². The standard InChI is InChI=1S/C17H30N2O/c1-4-17(3)16(20)19(11-12(2)13-9-10-13)15(18-17)14-7-5-6-8-14/h12-15,18H,4-11H2,1-3H3. The maximum atomic E-state index is 12.9. The SMILES string of the molecule is CCC1(C)NC(C2CCCC2)N(CC(C)C2CC2)C1=O. The van der Waals surface area contributed by atoms with Crippen LogP contribution in [0.3, 0.4) is 0 Å². The summed E-state index contributed by atoms with van der Waals surface area (Å²) >= 11 is 0. The van der Waals surface area contributed by atoms with Crippen LogP contribution in [0.2, 0.25) is 0 Å². The highest BCUT2D eigenvalue weighted by atomic mass is 16.2. The fraction of sp³-hybridized carbons (Fsp3) is 0.941. The Bertz CT molecular complexity index is 373. The zero-order valence-electron chi connectivity index (χ0n) is 13.3. The summed E-state index contributed by atoms with van der Waals surface area (Å²) in [5.74, 6) is 2.58. The summed E-state index contributed by atoms with van der Waals surface area (Å²) in [5, 5.41) is 3.70. The molecule has 1 N–H and O–H groups in total. The molecule has 2 aliphatic carbocycles. The van der Waals surface area contributed by atoms with Gasteiger partial charge in [0.15, 0.2) is 0 Å². The van der Waals surface area contributed by atoms with Crippen LogP contribution in [-0.4, -0.2) is 29.1 Å². The maximum absolute atomic E-state index is 12.9. The van der Waals surface area contributed by atoms with Gasteiger partial charge in [-0.1, -0.05) is 26.7 Å². The zero-order valence-corrected chi connectivity index (χ0v) is 13.3. The van der Waals surface area contributed by atoms with Crippen molar-refractivity contribution in [2.75, 3.05) is 6.54 Å². The first kappa shape index (κ1) is 14.4. The molecule has 114 valence electrons. The van der Waals surface area contributed by atoms with Gasteiger partial charge in [-0.3, -0.25) is 10.1 Å². The molecule has 2 saturated carbocycles. The number of hydrogen-bond acceptors (Lipinski definition) is 2. The Kier molecular flexibility index (Phi) is 3.83. The first-order valence-corrected chi connectivity index (χ1v) is 8.64. The van der Waals surface area contributed by atoms with E-state index in [0.717, 1.165) is 18.9 Å². The van der Waals surface area contributed by atoms with Crippen LogP contribution in [0.15, 0.2) is 0 Å². The molecule has 3 heteroatoms. The summed E-state index contributed by atoms with van der Waals surface area (Å²) in [4.78, 5) is 15.1. The van der Waals surface area contributed by atoms with Gasteiger partial charge in [0.05, 0.1) is 11.7 Å². The molecule has 0 aromatic heterocycles. The second-order valence-corrected chi connectivity index (χ2v) is 7.59. The fourth-order valence-electron chi connectivity index (χ4n) is 4.13. The molecule has 1 aliphatic heterocycles. The molecule has 3 nitrogen and oxygen atoms in total. The minimum atomic E-state index is -0.323. The zero-order chi connectivity index (χ0) is 14.3. The highest BCUT2D eigenvalue weighted by Gasteiger charge is 2.50. The molecule has 20 heavy (non-hydrogen) atoms.